The fourth-order valence-corrected chi connectivity index (χ4v) is 1.93. The van der Waals surface area contributed by atoms with Gasteiger partial charge >= 0.3 is 0 Å². The van der Waals surface area contributed by atoms with Gasteiger partial charge in [-0.15, -0.1) is 0 Å². The molecule has 0 heterocycles. The van der Waals surface area contributed by atoms with Gasteiger partial charge in [0, 0.05) is 12.1 Å². The number of hydrogen-bond acceptors (Lipinski definition) is 3. The van der Waals surface area contributed by atoms with Gasteiger partial charge in [-0.05, 0) is 45.8 Å². The van der Waals surface area contributed by atoms with Gasteiger partial charge in [0.2, 0.25) is 0 Å². The van der Waals surface area contributed by atoms with Crippen molar-refractivity contribution < 1.29 is 0 Å². The Morgan fingerprint density at radius 3 is 1.54 bits per heavy atom. The summed E-state index contributed by atoms with van der Waals surface area (Å²) in [7, 11) is 6.00. The standard InChI is InChI=1S/C6H12N2.C3H9N.CH4/c7-3-1-4-5(2-3)6(4)8;1-4(2)3;/h3-6H,1-2,7-8H2;1-3H3;1H4. The van der Waals surface area contributed by atoms with Crippen molar-refractivity contribution in [3.05, 3.63) is 0 Å². The number of hydrogen-bond donors (Lipinski definition) is 2. The summed E-state index contributed by atoms with van der Waals surface area (Å²) in [6.45, 7) is 0. The molecular weight excluding hydrogens is 162 g/mol. The van der Waals surface area contributed by atoms with Crippen molar-refractivity contribution in [1.29, 1.82) is 0 Å². The second-order valence-corrected chi connectivity index (χ2v) is 4.48. The Bertz CT molecular complexity index is 132. The van der Waals surface area contributed by atoms with Gasteiger partial charge in [0.25, 0.3) is 0 Å². The second kappa shape index (κ2) is 4.94. The van der Waals surface area contributed by atoms with Crippen LogP contribution in [0.15, 0.2) is 0 Å². The summed E-state index contributed by atoms with van der Waals surface area (Å²) in [6, 6.07) is 1.000. The number of fused-ring (bicyclic) bond motifs is 1. The van der Waals surface area contributed by atoms with Crippen LogP contribution in [0.5, 0.6) is 0 Å². The van der Waals surface area contributed by atoms with Crippen molar-refractivity contribution >= 4 is 0 Å². The number of rotatable bonds is 0. The van der Waals surface area contributed by atoms with Crippen molar-refractivity contribution in [2.75, 3.05) is 21.1 Å². The number of nitrogens with two attached hydrogens (primary N) is 2. The summed E-state index contributed by atoms with van der Waals surface area (Å²) in [5.74, 6) is 1.62. The maximum Gasteiger partial charge on any atom is 0.0103 e. The second-order valence-electron chi connectivity index (χ2n) is 4.48. The molecule has 80 valence electrons. The Kier molecular flexibility index (Phi) is 4.89. The molecular formula is C10H25N3. The molecule has 3 nitrogen and oxygen atoms in total. The van der Waals surface area contributed by atoms with Gasteiger partial charge in [0.05, 0.1) is 0 Å². The molecule has 13 heavy (non-hydrogen) atoms. The molecule has 3 heteroatoms. The molecule has 0 aromatic carbocycles. The van der Waals surface area contributed by atoms with Crippen molar-refractivity contribution in [2.24, 2.45) is 23.3 Å². The summed E-state index contributed by atoms with van der Waals surface area (Å²) in [5.41, 5.74) is 11.3. The lowest BCUT2D eigenvalue weighted by Crippen LogP contribution is -2.22. The summed E-state index contributed by atoms with van der Waals surface area (Å²) in [6.07, 6.45) is 2.37. The van der Waals surface area contributed by atoms with Crippen LogP contribution in [-0.4, -0.2) is 38.1 Å². The van der Waals surface area contributed by atoms with Crippen LogP contribution < -0.4 is 11.5 Å². The maximum absolute atomic E-state index is 5.68. The lowest BCUT2D eigenvalue weighted by molar-refractivity contribution is 0.505. The highest BCUT2D eigenvalue weighted by Crippen LogP contribution is 2.49. The number of nitrogens with zero attached hydrogens (tertiary/aromatic N) is 1. The van der Waals surface area contributed by atoms with E-state index in [1.165, 1.54) is 12.8 Å². The minimum atomic E-state index is 0. The molecule has 0 radical (unpaired) electrons. The summed E-state index contributed by atoms with van der Waals surface area (Å²) in [5, 5.41) is 0. The molecule has 2 aliphatic carbocycles. The molecule has 0 bridgehead atoms. The van der Waals surface area contributed by atoms with Gasteiger partial charge in [-0.3, -0.25) is 0 Å². The highest BCUT2D eigenvalue weighted by atomic mass is 15.0. The highest BCUT2D eigenvalue weighted by molar-refractivity contribution is 5.08. The molecule has 0 aromatic rings. The zero-order valence-electron chi connectivity index (χ0n) is 8.33. The fourth-order valence-electron chi connectivity index (χ4n) is 1.93. The first-order chi connectivity index (χ1) is 5.52. The van der Waals surface area contributed by atoms with Crippen LogP contribution in [0.3, 0.4) is 0 Å². The van der Waals surface area contributed by atoms with E-state index >= 15 is 0 Å². The third-order valence-electron chi connectivity index (χ3n) is 2.55. The van der Waals surface area contributed by atoms with Crippen LogP contribution in [0.25, 0.3) is 0 Å². The molecule has 2 rings (SSSR count). The zero-order valence-corrected chi connectivity index (χ0v) is 8.33. The van der Waals surface area contributed by atoms with Gasteiger partial charge in [-0.1, -0.05) is 7.43 Å². The van der Waals surface area contributed by atoms with E-state index in [-0.39, 0.29) is 7.43 Å². The van der Waals surface area contributed by atoms with Crippen LogP contribution in [-0.2, 0) is 0 Å². The first-order valence-electron chi connectivity index (χ1n) is 4.64. The van der Waals surface area contributed by atoms with Crippen molar-refractivity contribution in [2.45, 2.75) is 32.4 Å². The summed E-state index contributed by atoms with van der Waals surface area (Å²) in [4.78, 5) is 2.00. The van der Waals surface area contributed by atoms with Crippen molar-refractivity contribution in [3.8, 4) is 0 Å². The van der Waals surface area contributed by atoms with E-state index in [2.05, 4.69) is 0 Å². The lowest BCUT2D eigenvalue weighted by Gasteiger charge is -2.03. The topological polar surface area (TPSA) is 55.3 Å². The van der Waals surface area contributed by atoms with Crippen LogP contribution in [0.4, 0.5) is 0 Å². The lowest BCUT2D eigenvalue weighted by atomic mass is 10.1. The van der Waals surface area contributed by atoms with Gasteiger partial charge in [-0.25, -0.2) is 0 Å². The Morgan fingerprint density at radius 1 is 1.00 bits per heavy atom. The quantitative estimate of drug-likeness (QED) is 0.580. The van der Waals surface area contributed by atoms with E-state index in [1.807, 2.05) is 26.0 Å². The highest BCUT2D eigenvalue weighted by Gasteiger charge is 2.52. The smallest absolute Gasteiger partial charge is 0.0103 e. The largest absolute Gasteiger partial charge is 0.328 e. The predicted octanol–water partition coefficient (Wildman–Crippen LogP) is 0.495. The first-order valence-corrected chi connectivity index (χ1v) is 4.64. The van der Waals surface area contributed by atoms with Crippen LogP contribution in [0, 0.1) is 11.8 Å². The Hall–Kier alpha value is -0.120. The van der Waals surface area contributed by atoms with E-state index in [1.54, 1.807) is 0 Å². The molecule has 0 spiro atoms. The molecule has 0 aliphatic heterocycles. The molecule has 0 amide bonds. The minimum absolute atomic E-state index is 0. The third kappa shape index (κ3) is 3.63. The molecule has 2 aliphatic rings. The zero-order chi connectivity index (χ0) is 9.30. The Labute approximate surface area is 82.5 Å². The van der Waals surface area contributed by atoms with Gasteiger partial charge in [0.1, 0.15) is 0 Å². The molecule has 2 saturated carbocycles. The van der Waals surface area contributed by atoms with E-state index in [4.69, 9.17) is 11.5 Å². The SMILES string of the molecule is C.CN(C)C.NC1CC2C(N)C2C1. The van der Waals surface area contributed by atoms with Crippen molar-refractivity contribution in [3.63, 3.8) is 0 Å². The Balaban J connectivity index is 0.000000256. The molecule has 4 N–H and O–H groups in total. The van der Waals surface area contributed by atoms with E-state index < -0.39 is 0 Å². The predicted molar refractivity (Wildman–Crippen MR) is 58.5 cm³/mol. The fraction of sp³-hybridized carbons (Fsp3) is 1.00. The molecule has 2 atom stereocenters. The van der Waals surface area contributed by atoms with Gasteiger partial charge < -0.3 is 16.4 Å². The van der Waals surface area contributed by atoms with E-state index in [0.29, 0.717) is 12.1 Å². The average Bonchev–Trinajstić information content (AvgIpc) is 2.44. The summed E-state index contributed by atoms with van der Waals surface area (Å²) >= 11 is 0. The molecule has 0 saturated heterocycles. The first kappa shape index (κ1) is 12.9. The van der Waals surface area contributed by atoms with Crippen molar-refractivity contribution in [1.82, 2.24) is 4.90 Å². The molecule has 0 aromatic heterocycles. The summed E-state index contributed by atoms with van der Waals surface area (Å²) < 4.78 is 0. The average molecular weight is 187 g/mol. The van der Waals surface area contributed by atoms with Crippen LogP contribution >= 0.6 is 0 Å². The maximum atomic E-state index is 5.68. The van der Waals surface area contributed by atoms with Gasteiger partial charge in [-0.2, -0.15) is 0 Å². The molecule has 2 unspecified atom stereocenters. The van der Waals surface area contributed by atoms with E-state index in [9.17, 15) is 0 Å². The van der Waals surface area contributed by atoms with Crippen LogP contribution in [0.1, 0.15) is 20.3 Å². The third-order valence-corrected chi connectivity index (χ3v) is 2.55. The van der Waals surface area contributed by atoms with Gasteiger partial charge in [0.15, 0.2) is 0 Å². The molecule has 2 fully saturated rings. The Morgan fingerprint density at radius 2 is 1.31 bits per heavy atom. The normalized spacial score (nSPS) is 40.2. The monoisotopic (exact) mass is 187 g/mol. The van der Waals surface area contributed by atoms with Crippen LogP contribution in [0.2, 0.25) is 0 Å². The van der Waals surface area contributed by atoms with E-state index in [0.717, 1.165) is 11.8 Å². The minimum Gasteiger partial charge on any atom is -0.328 e.